The number of phenols is 1. The molecular weight excluding hydrogens is 378 g/mol. The molecule has 1 aromatic heterocycles. The van der Waals surface area contributed by atoms with Crippen LogP contribution in [0.3, 0.4) is 0 Å². The van der Waals surface area contributed by atoms with Crippen molar-refractivity contribution >= 4 is 17.5 Å². The topological polar surface area (TPSA) is 83.3 Å². The summed E-state index contributed by atoms with van der Waals surface area (Å²) in [6.45, 7) is 1.90. The maximum Gasteiger partial charge on any atom is 0.253 e. The van der Waals surface area contributed by atoms with Crippen LogP contribution in [0.4, 0.5) is 11.6 Å². The van der Waals surface area contributed by atoms with Gasteiger partial charge in [0.05, 0.1) is 0 Å². The molecule has 5 rings (SSSR count). The summed E-state index contributed by atoms with van der Waals surface area (Å²) in [7, 11) is 2.08. The van der Waals surface area contributed by atoms with Crippen LogP contribution in [0, 0.1) is 0 Å². The zero-order valence-electron chi connectivity index (χ0n) is 17.1. The minimum atomic E-state index is -0.0796. The number of aromatic hydroxyl groups is 1. The van der Waals surface area contributed by atoms with Gasteiger partial charge in [0.1, 0.15) is 5.75 Å². The Bertz CT molecular complexity index is 1070. The Kier molecular flexibility index (Phi) is 5.52. The van der Waals surface area contributed by atoms with Crippen LogP contribution in [0.5, 0.6) is 5.75 Å². The number of nitrogens with zero attached hydrogens (tertiary/aromatic N) is 4. The predicted molar refractivity (Wildman–Crippen MR) is 118 cm³/mol. The van der Waals surface area contributed by atoms with Crippen molar-refractivity contribution in [1.29, 1.82) is 0 Å². The lowest BCUT2D eigenvalue weighted by atomic mass is 10.2. The molecule has 0 unspecified atom stereocenters. The summed E-state index contributed by atoms with van der Waals surface area (Å²) in [6.07, 6.45) is 4.74. The summed E-state index contributed by atoms with van der Waals surface area (Å²) in [5.41, 5.74) is 2.92. The molecule has 2 aliphatic rings. The van der Waals surface area contributed by atoms with E-state index in [2.05, 4.69) is 27.3 Å². The van der Waals surface area contributed by atoms with Crippen LogP contribution in [-0.2, 0) is 0 Å². The average molecular weight is 403 g/mol. The van der Waals surface area contributed by atoms with E-state index in [0.717, 1.165) is 16.9 Å². The van der Waals surface area contributed by atoms with Crippen LogP contribution in [-0.4, -0.2) is 38.9 Å². The molecule has 3 aromatic rings. The van der Waals surface area contributed by atoms with Crippen molar-refractivity contribution in [2.75, 3.05) is 17.3 Å². The SMILES string of the molecule is CC1=CCC(=O)n2nc(-c3ccccc3)nc2N1.CN(c1cccc(O)c1)C1CC1. The Labute approximate surface area is 175 Å². The van der Waals surface area contributed by atoms with Crippen LogP contribution in [0.1, 0.15) is 31.0 Å². The normalized spacial score (nSPS) is 15.1. The van der Waals surface area contributed by atoms with E-state index in [1.165, 1.54) is 17.5 Å². The minimum Gasteiger partial charge on any atom is -0.508 e. The quantitative estimate of drug-likeness (QED) is 0.679. The highest BCUT2D eigenvalue weighted by molar-refractivity contribution is 5.84. The molecule has 0 spiro atoms. The molecule has 154 valence electrons. The number of hydrogen-bond donors (Lipinski definition) is 2. The Balaban J connectivity index is 0.000000158. The van der Waals surface area contributed by atoms with Gasteiger partial charge < -0.3 is 15.3 Å². The molecule has 1 aliphatic carbocycles. The molecule has 0 radical (unpaired) electrons. The molecule has 0 atom stereocenters. The van der Waals surface area contributed by atoms with Crippen LogP contribution in [0.2, 0.25) is 0 Å². The lowest BCUT2D eigenvalue weighted by molar-refractivity contribution is 0.0905. The van der Waals surface area contributed by atoms with Crippen LogP contribution < -0.4 is 10.2 Å². The van der Waals surface area contributed by atoms with Crippen molar-refractivity contribution in [2.45, 2.75) is 32.2 Å². The van der Waals surface area contributed by atoms with E-state index in [4.69, 9.17) is 0 Å². The van der Waals surface area contributed by atoms with E-state index in [0.29, 0.717) is 30.0 Å². The molecule has 30 heavy (non-hydrogen) atoms. The fourth-order valence-electron chi connectivity index (χ4n) is 3.22. The van der Waals surface area contributed by atoms with Gasteiger partial charge in [-0.1, -0.05) is 42.5 Å². The van der Waals surface area contributed by atoms with Crippen molar-refractivity contribution in [2.24, 2.45) is 0 Å². The number of allylic oxidation sites excluding steroid dienone is 2. The number of phenolic OH excluding ortho intramolecular Hbond substituents is 1. The summed E-state index contributed by atoms with van der Waals surface area (Å²) >= 11 is 0. The van der Waals surface area contributed by atoms with Gasteiger partial charge in [-0.2, -0.15) is 9.67 Å². The third-order valence-electron chi connectivity index (χ3n) is 5.10. The van der Waals surface area contributed by atoms with Crippen molar-refractivity contribution in [3.63, 3.8) is 0 Å². The Morgan fingerprint density at radius 1 is 1.13 bits per heavy atom. The highest BCUT2D eigenvalue weighted by atomic mass is 16.3. The molecule has 1 fully saturated rings. The van der Waals surface area contributed by atoms with E-state index in [1.807, 2.05) is 55.5 Å². The fraction of sp³-hybridized carbons (Fsp3) is 0.261. The lowest BCUT2D eigenvalue weighted by Crippen LogP contribution is -2.18. The van der Waals surface area contributed by atoms with Gasteiger partial charge in [0.25, 0.3) is 5.91 Å². The number of rotatable bonds is 3. The number of carbonyl (C=O) groups excluding carboxylic acids is 1. The number of carbonyl (C=O) groups is 1. The number of aromatic nitrogens is 3. The standard InChI is InChI=1S/C13H12N4O.C10H13NO/c1-9-7-8-11(18)17-13(14-9)15-12(16-17)10-5-3-2-4-6-10;1-11(8-5-6-8)9-3-2-4-10(12)7-9/h2-7H,8H2,1H3,(H,14,15,16);2-4,7-8,12H,5-6H2,1H3. The van der Waals surface area contributed by atoms with E-state index in [-0.39, 0.29) is 5.91 Å². The summed E-state index contributed by atoms with van der Waals surface area (Å²) in [4.78, 5) is 18.5. The molecule has 0 amide bonds. The molecule has 7 heteroatoms. The first-order chi connectivity index (χ1) is 14.5. The molecule has 2 N–H and O–H groups in total. The predicted octanol–water partition coefficient (Wildman–Crippen LogP) is 4.30. The third kappa shape index (κ3) is 4.51. The molecule has 0 bridgehead atoms. The summed E-state index contributed by atoms with van der Waals surface area (Å²) in [5.74, 6) is 1.30. The van der Waals surface area contributed by atoms with Crippen molar-refractivity contribution in [3.8, 4) is 17.1 Å². The van der Waals surface area contributed by atoms with Gasteiger partial charge in [-0.3, -0.25) is 4.79 Å². The highest BCUT2D eigenvalue weighted by Crippen LogP contribution is 2.31. The molecule has 1 saturated carbocycles. The van der Waals surface area contributed by atoms with E-state index in [1.54, 1.807) is 12.1 Å². The summed E-state index contributed by atoms with van der Waals surface area (Å²) in [6, 6.07) is 17.7. The summed E-state index contributed by atoms with van der Waals surface area (Å²) < 4.78 is 1.33. The lowest BCUT2D eigenvalue weighted by Gasteiger charge is -2.18. The van der Waals surface area contributed by atoms with Gasteiger partial charge in [-0.15, -0.1) is 5.10 Å². The molecule has 7 nitrogen and oxygen atoms in total. The first-order valence-corrected chi connectivity index (χ1v) is 10.0. The Morgan fingerprint density at radius 3 is 2.60 bits per heavy atom. The molecule has 2 aromatic carbocycles. The van der Waals surface area contributed by atoms with Gasteiger partial charge >= 0.3 is 0 Å². The van der Waals surface area contributed by atoms with Gasteiger partial charge in [-0.25, -0.2) is 0 Å². The second-order valence-corrected chi connectivity index (χ2v) is 7.51. The zero-order chi connectivity index (χ0) is 21.1. The van der Waals surface area contributed by atoms with Crippen molar-refractivity contribution in [3.05, 3.63) is 66.4 Å². The van der Waals surface area contributed by atoms with E-state index in [9.17, 15) is 9.90 Å². The van der Waals surface area contributed by atoms with E-state index >= 15 is 0 Å². The van der Waals surface area contributed by atoms with Gasteiger partial charge in [0, 0.05) is 42.5 Å². The van der Waals surface area contributed by atoms with Crippen LogP contribution >= 0.6 is 0 Å². The number of nitrogens with one attached hydrogen (secondary N) is 1. The molecule has 2 heterocycles. The number of anilines is 2. The number of hydrogen-bond acceptors (Lipinski definition) is 6. The van der Waals surface area contributed by atoms with Crippen LogP contribution in [0.25, 0.3) is 11.4 Å². The largest absolute Gasteiger partial charge is 0.508 e. The van der Waals surface area contributed by atoms with Gasteiger partial charge in [0.2, 0.25) is 5.95 Å². The zero-order valence-corrected chi connectivity index (χ0v) is 17.1. The fourth-order valence-corrected chi connectivity index (χ4v) is 3.22. The summed E-state index contributed by atoms with van der Waals surface area (Å²) in [5, 5.41) is 16.6. The van der Waals surface area contributed by atoms with Gasteiger partial charge in [0.15, 0.2) is 5.82 Å². The smallest absolute Gasteiger partial charge is 0.253 e. The minimum absolute atomic E-state index is 0.0796. The molecular formula is C23H25N5O2. The number of fused-ring (bicyclic) bond motifs is 1. The second-order valence-electron chi connectivity index (χ2n) is 7.51. The van der Waals surface area contributed by atoms with E-state index < -0.39 is 0 Å². The highest BCUT2D eigenvalue weighted by Gasteiger charge is 2.26. The maximum absolute atomic E-state index is 11.9. The Morgan fingerprint density at radius 2 is 1.90 bits per heavy atom. The maximum atomic E-state index is 11.9. The van der Waals surface area contributed by atoms with Crippen molar-refractivity contribution in [1.82, 2.24) is 14.8 Å². The Hall–Kier alpha value is -3.61. The molecule has 1 aliphatic heterocycles. The molecule has 0 saturated heterocycles. The van der Waals surface area contributed by atoms with Crippen molar-refractivity contribution < 1.29 is 9.90 Å². The first kappa shape index (κ1) is 19.7. The third-order valence-corrected chi connectivity index (χ3v) is 5.10. The number of benzene rings is 2. The first-order valence-electron chi connectivity index (χ1n) is 10.0. The van der Waals surface area contributed by atoms with Gasteiger partial charge in [-0.05, 0) is 31.9 Å². The average Bonchev–Trinajstić information content (AvgIpc) is 3.54. The monoisotopic (exact) mass is 403 g/mol. The second kappa shape index (κ2) is 8.41. The van der Waals surface area contributed by atoms with Crippen LogP contribution in [0.15, 0.2) is 66.4 Å².